The molecule has 0 radical (unpaired) electrons. The Labute approximate surface area is 213 Å². The van der Waals surface area contributed by atoms with Crippen LogP contribution in [0.5, 0.6) is 5.75 Å². The number of hydrogen-bond donors (Lipinski definition) is 2. The van der Waals surface area contributed by atoms with E-state index in [9.17, 15) is 14.9 Å². The Morgan fingerprint density at radius 1 is 1.09 bits per heavy atom. The molecule has 0 heterocycles. The lowest BCUT2D eigenvalue weighted by Crippen LogP contribution is -2.13. The minimum Gasteiger partial charge on any atom is -0.488 e. The monoisotopic (exact) mass is 592 g/mol. The van der Waals surface area contributed by atoms with Crippen molar-refractivity contribution in [2.75, 3.05) is 5.32 Å². The molecular formula is C24H15Cl2IN2O4. The van der Waals surface area contributed by atoms with Crippen LogP contribution in [0.1, 0.15) is 21.5 Å². The zero-order chi connectivity index (χ0) is 24.0. The SMILES string of the molecule is N#C/C(=C/c1ccc(OCc2ccc(C(=O)O)cc2)c(I)c1)C(=O)Nc1ccc(Cl)cc1Cl. The standard InChI is InChI=1S/C24H15Cl2IN2O4/c25-18-6-7-21(19(26)11-18)29-23(30)17(12-28)9-15-3-8-22(20(27)10-15)33-13-14-1-4-16(5-2-14)24(31)32/h1-11H,13H2,(H,29,30)(H,31,32)/b17-9-. The molecule has 0 fully saturated rings. The highest BCUT2D eigenvalue weighted by Gasteiger charge is 2.12. The predicted octanol–water partition coefficient (Wildman–Crippen LogP) is 6.42. The van der Waals surface area contributed by atoms with Crippen molar-refractivity contribution in [1.29, 1.82) is 5.26 Å². The number of nitriles is 1. The smallest absolute Gasteiger partial charge is 0.335 e. The van der Waals surface area contributed by atoms with Crippen LogP contribution in [0.2, 0.25) is 10.0 Å². The van der Waals surface area contributed by atoms with Crippen molar-refractivity contribution in [2.45, 2.75) is 6.61 Å². The first-order valence-corrected chi connectivity index (χ1v) is 11.2. The number of amides is 1. The Morgan fingerprint density at radius 3 is 2.42 bits per heavy atom. The molecule has 0 saturated heterocycles. The lowest BCUT2D eigenvalue weighted by atomic mass is 10.1. The molecule has 1 amide bonds. The topological polar surface area (TPSA) is 99.4 Å². The summed E-state index contributed by atoms with van der Waals surface area (Å²) < 4.78 is 6.59. The number of aromatic carboxylic acids is 1. The third kappa shape index (κ3) is 6.71. The molecule has 0 aliphatic heterocycles. The molecule has 2 N–H and O–H groups in total. The highest BCUT2D eigenvalue weighted by atomic mass is 127. The second kappa shape index (κ2) is 11.2. The van der Waals surface area contributed by atoms with Crippen LogP contribution in [0.25, 0.3) is 6.08 Å². The number of nitrogens with one attached hydrogen (secondary N) is 1. The molecule has 0 saturated carbocycles. The van der Waals surface area contributed by atoms with Gasteiger partial charge in [0.2, 0.25) is 0 Å². The fourth-order valence-electron chi connectivity index (χ4n) is 2.72. The summed E-state index contributed by atoms with van der Waals surface area (Å²) in [5.74, 6) is -0.963. The third-order valence-corrected chi connectivity index (χ3v) is 5.80. The summed E-state index contributed by atoms with van der Waals surface area (Å²) in [6.45, 7) is 0.263. The van der Waals surface area contributed by atoms with Crippen LogP contribution >= 0.6 is 45.8 Å². The van der Waals surface area contributed by atoms with E-state index in [0.29, 0.717) is 22.0 Å². The fourth-order valence-corrected chi connectivity index (χ4v) is 3.88. The number of nitrogens with zero attached hydrogens (tertiary/aromatic N) is 1. The summed E-state index contributed by atoms with van der Waals surface area (Å²) in [6.07, 6.45) is 1.47. The minimum absolute atomic E-state index is 0.0935. The maximum atomic E-state index is 12.5. The Bertz CT molecular complexity index is 1280. The van der Waals surface area contributed by atoms with E-state index in [1.165, 1.54) is 24.3 Å². The van der Waals surface area contributed by atoms with E-state index in [0.717, 1.165) is 9.13 Å². The molecule has 0 unspecified atom stereocenters. The molecule has 3 aromatic carbocycles. The lowest BCUT2D eigenvalue weighted by Gasteiger charge is -2.10. The molecule has 6 nitrogen and oxygen atoms in total. The average molecular weight is 593 g/mol. The highest BCUT2D eigenvalue weighted by Crippen LogP contribution is 2.27. The Kier molecular flexibility index (Phi) is 8.33. The number of ether oxygens (including phenoxy) is 1. The molecule has 3 aromatic rings. The number of carbonyl (C=O) groups is 2. The van der Waals surface area contributed by atoms with Gasteiger partial charge in [-0.15, -0.1) is 0 Å². The highest BCUT2D eigenvalue weighted by molar-refractivity contribution is 14.1. The van der Waals surface area contributed by atoms with Crippen molar-refractivity contribution in [2.24, 2.45) is 0 Å². The van der Waals surface area contributed by atoms with Crippen molar-refractivity contribution in [3.05, 3.63) is 96.5 Å². The third-order valence-electron chi connectivity index (χ3n) is 4.41. The van der Waals surface area contributed by atoms with Crippen molar-refractivity contribution in [3.63, 3.8) is 0 Å². The van der Waals surface area contributed by atoms with Crippen LogP contribution in [0.15, 0.2) is 66.2 Å². The van der Waals surface area contributed by atoms with Crippen LogP contribution < -0.4 is 10.1 Å². The number of carboxylic acid groups (broad SMARTS) is 1. The second-order valence-corrected chi connectivity index (χ2v) is 8.73. The van der Waals surface area contributed by atoms with Crippen LogP contribution in [0, 0.1) is 14.9 Å². The maximum Gasteiger partial charge on any atom is 0.335 e. The number of carboxylic acids is 1. The van der Waals surface area contributed by atoms with Gasteiger partial charge in [0, 0.05) is 5.02 Å². The minimum atomic E-state index is -0.984. The van der Waals surface area contributed by atoms with Gasteiger partial charge in [-0.25, -0.2) is 4.79 Å². The van der Waals surface area contributed by atoms with Gasteiger partial charge in [-0.2, -0.15) is 5.26 Å². The second-order valence-electron chi connectivity index (χ2n) is 6.73. The molecular weight excluding hydrogens is 578 g/mol. The molecule has 9 heteroatoms. The van der Waals surface area contributed by atoms with E-state index in [2.05, 4.69) is 27.9 Å². The zero-order valence-corrected chi connectivity index (χ0v) is 20.5. The van der Waals surface area contributed by atoms with E-state index in [1.807, 2.05) is 6.07 Å². The summed E-state index contributed by atoms with van der Waals surface area (Å²) in [6, 6.07) is 18.2. The van der Waals surface area contributed by atoms with Crippen LogP contribution in [0.4, 0.5) is 5.69 Å². The zero-order valence-electron chi connectivity index (χ0n) is 16.8. The van der Waals surface area contributed by atoms with Gasteiger partial charge in [0.25, 0.3) is 5.91 Å². The first kappa shape index (κ1) is 24.6. The molecule has 0 atom stereocenters. The summed E-state index contributed by atoms with van der Waals surface area (Å²) in [4.78, 5) is 23.4. The average Bonchev–Trinajstić information content (AvgIpc) is 2.79. The van der Waals surface area contributed by atoms with E-state index in [4.69, 9.17) is 33.0 Å². The van der Waals surface area contributed by atoms with Gasteiger partial charge < -0.3 is 15.2 Å². The lowest BCUT2D eigenvalue weighted by molar-refractivity contribution is -0.112. The molecule has 0 spiro atoms. The number of rotatable bonds is 7. The molecule has 0 aromatic heterocycles. The maximum absolute atomic E-state index is 12.5. The summed E-state index contributed by atoms with van der Waals surface area (Å²) in [5.41, 5.74) is 1.93. The number of benzene rings is 3. The van der Waals surface area contributed by atoms with Gasteiger partial charge in [0.1, 0.15) is 24.0 Å². The van der Waals surface area contributed by atoms with Gasteiger partial charge in [-0.1, -0.05) is 41.4 Å². The van der Waals surface area contributed by atoms with Crippen molar-refractivity contribution >= 4 is 69.4 Å². The molecule has 166 valence electrons. The van der Waals surface area contributed by atoms with Gasteiger partial charge >= 0.3 is 5.97 Å². The van der Waals surface area contributed by atoms with Crippen molar-refractivity contribution in [3.8, 4) is 11.8 Å². The van der Waals surface area contributed by atoms with Crippen molar-refractivity contribution in [1.82, 2.24) is 0 Å². The Hall–Kier alpha value is -3.06. The number of anilines is 1. The first-order chi connectivity index (χ1) is 15.8. The fraction of sp³-hybridized carbons (Fsp3) is 0.0417. The van der Waals surface area contributed by atoms with Crippen LogP contribution in [-0.4, -0.2) is 17.0 Å². The number of hydrogen-bond acceptors (Lipinski definition) is 4. The Balaban J connectivity index is 1.69. The quantitative estimate of drug-likeness (QED) is 0.187. The number of halogens is 3. The molecule has 0 aliphatic rings. The predicted molar refractivity (Wildman–Crippen MR) is 136 cm³/mol. The largest absolute Gasteiger partial charge is 0.488 e. The van der Waals surface area contributed by atoms with Crippen LogP contribution in [0.3, 0.4) is 0 Å². The molecule has 0 bridgehead atoms. The van der Waals surface area contributed by atoms with Gasteiger partial charge in [0.15, 0.2) is 0 Å². The molecule has 0 aliphatic carbocycles. The molecule has 3 rings (SSSR count). The summed E-state index contributed by atoms with van der Waals surface area (Å²) in [7, 11) is 0. The summed E-state index contributed by atoms with van der Waals surface area (Å²) >= 11 is 14.0. The Morgan fingerprint density at radius 2 is 1.82 bits per heavy atom. The number of carbonyl (C=O) groups excluding carboxylic acids is 1. The van der Waals surface area contributed by atoms with Gasteiger partial charge in [-0.3, -0.25) is 4.79 Å². The van der Waals surface area contributed by atoms with E-state index >= 15 is 0 Å². The normalized spacial score (nSPS) is 10.9. The summed E-state index contributed by atoms with van der Waals surface area (Å²) in [5, 5.41) is 21.7. The van der Waals surface area contributed by atoms with E-state index < -0.39 is 11.9 Å². The van der Waals surface area contributed by atoms with Crippen LogP contribution in [-0.2, 0) is 11.4 Å². The van der Waals surface area contributed by atoms with E-state index in [-0.39, 0.29) is 22.8 Å². The van der Waals surface area contributed by atoms with Gasteiger partial charge in [0.05, 0.1) is 19.8 Å². The first-order valence-electron chi connectivity index (χ1n) is 9.39. The van der Waals surface area contributed by atoms with E-state index in [1.54, 1.807) is 42.5 Å². The molecule has 33 heavy (non-hydrogen) atoms. The van der Waals surface area contributed by atoms with Gasteiger partial charge in [-0.05, 0) is 82.3 Å². The van der Waals surface area contributed by atoms with Crippen molar-refractivity contribution < 1.29 is 19.4 Å².